The molecular weight excluding hydrogens is 198 g/mol. The van der Waals surface area contributed by atoms with Crippen molar-refractivity contribution >= 4 is 0 Å². The van der Waals surface area contributed by atoms with E-state index in [9.17, 15) is 0 Å². The molecule has 3 heteroatoms. The van der Waals surface area contributed by atoms with E-state index >= 15 is 0 Å². The molecule has 2 fully saturated rings. The van der Waals surface area contributed by atoms with Crippen LogP contribution in [0.5, 0.6) is 0 Å². The largest absolute Gasteiger partial charge is 0.353 e. The number of hydrogen-bond donors (Lipinski definition) is 1. The van der Waals surface area contributed by atoms with Crippen molar-refractivity contribution in [3.8, 4) is 0 Å². The molecule has 1 aliphatic heterocycles. The van der Waals surface area contributed by atoms with Crippen LogP contribution in [0.2, 0.25) is 0 Å². The molecule has 1 saturated heterocycles. The zero-order chi connectivity index (χ0) is 11.0. The summed E-state index contributed by atoms with van der Waals surface area (Å²) in [7, 11) is 2.17. The maximum atomic E-state index is 3.44. The molecule has 1 aromatic heterocycles. The van der Waals surface area contributed by atoms with Gasteiger partial charge in [-0.2, -0.15) is 0 Å². The fourth-order valence-corrected chi connectivity index (χ4v) is 2.88. The molecule has 2 aliphatic rings. The molecule has 0 bridgehead atoms. The van der Waals surface area contributed by atoms with E-state index in [0.717, 1.165) is 19.0 Å². The van der Waals surface area contributed by atoms with Crippen molar-refractivity contribution in [1.82, 2.24) is 14.8 Å². The average Bonchev–Trinajstić information content (AvgIpc) is 3.05. The molecule has 0 unspecified atom stereocenters. The Bertz CT molecular complexity index is 348. The Hall–Kier alpha value is -0.800. The number of aromatic nitrogens is 1. The van der Waals surface area contributed by atoms with Gasteiger partial charge < -0.3 is 9.88 Å². The lowest BCUT2D eigenvalue weighted by molar-refractivity contribution is 0.150. The lowest BCUT2D eigenvalue weighted by atomic mass is 10.1. The molecule has 3 nitrogen and oxygen atoms in total. The Morgan fingerprint density at radius 2 is 2.06 bits per heavy atom. The fraction of sp³-hybridized carbons (Fsp3) is 0.692. The van der Waals surface area contributed by atoms with Crippen LogP contribution in [0.4, 0.5) is 0 Å². The van der Waals surface area contributed by atoms with Gasteiger partial charge in [0.1, 0.15) is 0 Å². The second-order valence-corrected chi connectivity index (χ2v) is 5.11. The van der Waals surface area contributed by atoms with Crippen molar-refractivity contribution < 1.29 is 0 Å². The molecule has 3 rings (SSSR count). The summed E-state index contributed by atoms with van der Waals surface area (Å²) in [4.78, 5) is 2.67. The minimum absolute atomic E-state index is 0.669. The second kappa shape index (κ2) is 4.22. The summed E-state index contributed by atoms with van der Waals surface area (Å²) in [5, 5.41) is 3.44. The molecule has 1 aromatic rings. The third-order valence-electron chi connectivity index (χ3n) is 3.90. The van der Waals surface area contributed by atoms with Gasteiger partial charge >= 0.3 is 0 Å². The van der Waals surface area contributed by atoms with Gasteiger partial charge in [0.05, 0.1) is 6.04 Å². The SMILES string of the molecule is Cn1cccc1[C@@H](C1CC1)N1CCNCC1. The first-order valence-corrected chi connectivity index (χ1v) is 6.42. The molecule has 1 saturated carbocycles. The van der Waals surface area contributed by atoms with Crippen molar-refractivity contribution in [1.29, 1.82) is 0 Å². The number of rotatable bonds is 3. The smallest absolute Gasteiger partial charge is 0.0529 e. The molecule has 1 aliphatic carbocycles. The fourth-order valence-electron chi connectivity index (χ4n) is 2.88. The van der Waals surface area contributed by atoms with Crippen LogP contribution in [0.1, 0.15) is 24.6 Å². The van der Waals surface area contributed by atoms with E-state index in [4.69, 9.17) is 0 Å². The molecule has 1 N–H and O–H groups in total. The minimum atomic E-state index is 0.669. The van der Waals surface area contributed by atoms with E-state index in [1.807, 2.05) is 0 Å². The van der Waals surface area contributed by atoms with Gasteiger partial charge in [-0.15, -0.1) is 0 Å². The minimum Gasteiger partial charge on any atom is -0.353 e. The van der Waals surface area contributed by atoms with Crippen molar-refractivity contribution in [2.24, 2.45) is 13.0 Å². The monoisotopic (exact) mass is 219 g/mol. The highest BCUT2D eigenvalue weighted by molar-refractivity contribution is 5.15. The van der Waals surface area contributed by atoms with Gasteiger partial charge in [-0.1, -0.05) is 0 Å². The Kier molecular flexibility index (Phi) is 2.74. The van der Waals surface area contributed by atoms with Gasteiger partial charge in [0.2, 0.25) is 0 Å². The Morgan fingerprint density at radius 1 is 1.31 bits per heavy atom. The summed E-state index contributed by atoms with van der Waals surface area (Å²) in [5.74, 6) is 0.909. The molecule has 0 aromatic carbocycles. The lowest BCUT2D eigenvalue weighted by Gasteiger charge is -2.35. The van der Waals surface area contributed by atoms with Crippen LogP contribution in [0.25, 0.3) is 0 Å². The molecule has 0 amide bonds. The van der Waals surface area contributed by atoms with E-state index in [2.05, 4.69) is 40.2 Å². The topological polar surface area (TPSA) is 20.2 Å². The zero-order valence-electron chi connectivity index (χ0n) is 10.0. The van der Waals surface area contributed by atoms with Crippen LogP contribution in [0.3, 0.4) is 0 Å². The van der Waals surface area contributed by atoms with Gasteiger partial charge in [-0.25, -0.2) is 0 Å². The highest BCUT2D eigenvalue weighted by atomic mass is 15.2. The quantitative estimate of drug-likeness (QED) is 0.829. The Labute approximate surface area is 97.4 Å². The first kappa shape index (κ1) is 10.4. The maximum absolute atomic E-state index is 3.44. The summed E-state index contributed by atoms with van der Waals surface area (Å²) in [5.41, 5.74) is 1.50. The Morgan fingerprint density at radius 3 is 2.62 bits per heavy atom. The highest BCUT2D eigenvalue weighted by Gasteiger charge is 2.37. The molecule has 1 atom stereocenters. The van der Waals surface area contributed by atoms with E-state index in [-0.39, 0.29) is 0 Å². The van der Waals surface area contributed by atoms with Crippen molar-refractivity contribution in [2.45, 2.75) is 18.9 Å². The van der Waals surface area contributed by atoms with Gasteiger partial charge in [0.15, 0.2) is 0 Å². The van der Waals surface area contributed by atoms with Gasteiger partial charge in [0, 0.05) is 45.1 Å². The maximum Gasteiger partial charge on any atom is 0.0529 e. The third kappa shape index (κ3) is 1.89. The first-order chi connectivity index (χ1) is 7.86. The summed E-state index contributed by atoms with van der Waals surface area (Å²) in [6.07, 6.45) is 5.01. The number of hydrogen-bond acceptors (Lipinski definition) is 2. The summed E-state index contributed by atoms with van der Waals surface area (Å²) in [6.45, 7) is 4.69. The van der Waals surface area contributed by atoms with Crippen LogP contribution in [-0.4, -0.2) is 35.6 Å². The van der Waals surface area contributed by atoms with E-state index < -0.39 is 0 Å². The molecule has 2 heterocycles. The molecule has 0 radical (unpaired) electrons. The van der Waals surface area contributed by atoms with Crippen LogP contribution in [0, 0.1) is 5.92 Å². The van der Waals surface area contributed by atoms with Crippen LogP contribution >= 0.6 is 0 Å². The number of piperazine rings is 1. The van der Waals surface area contributed by atoms with Crippen molar-refractivity contribution in [3.05, 3.63) is 24.0 Å². The summed E-state index contributed by atoms with van der Waals surface area (Å²) >= 11 is 0. The van der Waals surface area contributed by atoms with Gasteiger partial charge in [-0.3, -0.25) is 4.90 Å². The molecule has 0 spiro atoms. The first-order valence-electron chi connectivity index (χ1n) is 6.42. The van der Waals surface area contributed by atoms with Gasteiger partial charge in [0.25, 0.3) is 0 Å². The Balaban J connectivity index is 1.83. The third-order valence-corrected chi connectivity index (χ3v) is 3.90. The standard InChI is InChI=1S/C13H21N3/c1-15-8-2-3-12(15)13(11-4-5-11)16-9-6-14-7-10-16/h2-3,8,11,13-14H,4-7,9-10H2,1H3/t13-/m1/s1. The summed E-state index contributed by atoms with van der Waals surface area (Å²) in [6, 6.07) is 5.14. The predicted molar refractivity (Wildman–Crippen MR) is 65.3 cm³/mol. The number of aryl methyl sites for hydroxylation is 1. The van der Waals surface area contributed by atoms with Crippen LogP contribution < -0.4 is 5.32 Å². The summed E-state index contributed by atoms with van der Waals surface area (Å²) < 4.78 is 2.30. The lowest BCUT2D eigenvalue weighted by Crippen LogP contribution is -2.46. The highest BCUT2D eigenvalue weighted by Crippen LogP contribution is 2.44. The number of nitrogens with zero attached hydrogens (tertiary/aromatic N) is 2. The molecular formula is C13H21N3. The van der Waals surface area contributed by atoms with E-state index in [1.165, 1.54) is 31.6 Å². The van der Waals surface area contributed by atoms with E-state index in [0.29, 0.717) is 6.04 Å². The second-order valence-electron chi connectivity index (χ2n) is 5.11. The zero-order valence-corrected chi connectivity index (χ0v) is 10.0. The molecule has 16 heavy (non-hydrogen) atoms. The van der Waals surface area contributed by atoms with Gasteiger partial charge in [-0.05, 0) is 30.9 Å². The van der Waals surface area contributed by atoms with Crippen LogP contribution in [0.15, 0.2) is 18.3 Å². The normalized spacial score (nSPS) is 24.6. The van der Waals surface area contributed by atoms with E-state index in [1.54, 1.807) is 0 Å². The number of nitrogens with one attached hydrogen (secondary N) is 1. The van der Waals surface area contributed by atoms with Crippen molar-refractivity contribution in [3.63, 3.8) is 0 Å². The molecule has 88 valence electrons. The van der Waals surface area contributed by atoms with Crippen molar-refractivity contribution in [2.75, 3.05) is 26.2 Å². The predicted octanol–water partition coefficient (Wildman–Crippen LogP) is 1.38. The van der Waals surface area contributed by atoms with Crippen LogP contribution in [-0.2, 0) is 7.05 Å². The average molecular weight is 219 g/mol.